The van der Waals surface area contributed by atoms with Crippen LogP contribution in [-0.4, -0.2) is 13.1 Å². The fourth-order valence-corrected chi connectivity index (χ4v) is 7.75. The van der Waals surface area contributed by atoms with Crippen molar-refractivity contribution in [1.82, 2.24) is 0 Å². The van der Waals surface area contributed by atoms with Crippen molar-refractivity contribution in [2.75, 3.05) is 7.11 Å². The molecule has 1 aliphatic heterocycles. The van der Waals surface area contributed by atoms with Gasteiger partial charge in [0.2, 0.25) is 0 Å². The summed E-state index contributed by atoms with van der Waals surface area (Å²) in [5, 5.41) is 0. The van der Waals surface area contributed by atoms with Gasteiger partial charge in [-0.3, -0.25) is 4.79 Å². The van der Waals surface area contributed by atoms with Crippen molar-refractivity contribution in [3.05, 3.63) is 102 Å². The average molecular weight is 474 g/mol. The maximum absolute atomic E-state index is 15.0. The van der Waals surface area contributed by atoms with Crippen LogP contribution in [0.5, 0.6) is 0 Å². The summed E-state index contributed by atoms with van der Waals surface area (Å²) in [7, 11) is 1.13. The maximum atomic E-state index is 15.0. The number of hydrogen-bond acceptors (Lipinski definition) is 3. The SMILES string of the molecule is COC(=O)C(C)c1ccc(-c2ccc([S+]3c4ccccc4Sc4ccccc43)cc2)c(F)c1. The highest BCUT2D eigenvalue weighted by molar-refractivity contribution is 8.04. The third-order valence-corrected chi connectivity index (χ3v) is 9.55. The third kappa shape index (κ3) is 4.07. The summed E-state index contributed by atoms with van der Waals surface area (Å²) in [6.07, 6.45) is 0. The Morgan fingerprint density at radius 3 is 2.06 bits per heavy atom. The summed E-state index contributed by atoms with van der Waals surface area (Å²) < 4.78 is 19.7. The molecule has 5 rings (SSSR count). The lowest BCUT2D eigenvalue weighted by molar-refractivity contribution is -0.141. The van der Waals surface area contributed by atoms with Gasteiger partial charge >= 0.3 is 5.97 Å². The van der Waals surface area contributed by atoms with Gasteiger partial charge < -0.3 is 4.74 Å². The first-order chi connectivity index (χ1) is 16.1. The van der Waals surface area contributed by atoms with Crippen LogP contribution in [0.2, 0.25) is 0 Å². The van der Waals surface area contributed by atoms with E-state index in [-0.39, 0.29) is 22.7 Å². The second kappa shape index (κ2) is 9.08. The molecule has 0 N–H and O–H groups in total. The first kappa shape index (κ1) is 21.8. The molecule has 33 heavy (non-hydrogen) atoms. The predicted octanol–water partition coefficient (Wildman–Crippen LogP) is 7.33. The minimum atomic E-state index is -0.508. The second-order valence-corrected chi connectivity index (χ2v) is 10.9. The van der Waals surface area contributed by atoms with E-state index in [4.69, 9.17) is 4.74 Å². The molecule has 4 aromatic rings. The molecule has 5 heteroatoms. The molecule has 1 atom stereocenters. The number of carbonyl (C=O) groups excluding carboxylic acids is 1. The van der Waals surface area contributed by atoms with Gasteiger partial charge in [-0.15, -0.1) is 0 Å². The largest absolute Gasteiger partial charge is 0.469 e. The Bertz CT molecular complexity index is 1290. The first-order valence-corrected chi connectivity index (χ1v) is 12.7. The average Bonchev–Trinajstić information content (AvgIpc) is 2.86. The number of hydrogen-bond donors (Lipinski definition) is 0. The molecule has 4 aromatic carbocycles. The fourth-order valence-electron chi connectivity index (χ4n) is 4.02. The van der Waals surface area contributed by atoms with Crippen LogP contribution < -0.4 is 0 Å². The standard InChI is InChI=1S/C28H22FO2S2/c1-18(28(30)31-2)20-13-16-22(23(29)17-20)19-11-14-21(15-12-19)33-26-9-5-3-7-24(26)32-25-8-4-6-10-27(25)33/h3-18H,1-2H3/q+1. The molecule has 1 heterocycles. The summed E-state index contributed by atoms with van der Waals surface area (Å²) in [4.78, 5) is 18.2. The Kier molecular flexibility index (Phi) is 6.00. The van der Waals surface area contributed by atoms with E-state index in [0.717, 1.165) is 5.56 Å². The van der Waals surface area contributed by atoms with Gasteiger partial charge in [-0.1, -0.05) is 48.2 Å². The monoisotopic (exact) mass is 473 g/mol. The highest BCUT2D eigenvalue weighted by atomic mass is 32.2. The zero-order valence-electron chi connectivity index (χ0n) is 18.2. The van der Waals surface area contributed by atoms with Crippen molar-refractivity contribution in [3.8, 4) is 11.1 Å². The summed E-state index contributed by atoms with van der Waals surface area (Å²) in [6.45, 7) is 1.72. The number of esters is 1. The Balaban J connectivity index is 1.50. The maximum Gasteiger partial charge on any atom is 0.312 e. The minimum absolute atomic E-state index is 0.210. The molecule has 0 amide bonds. The van der Waals surface area contributed by atoms with Crippen LogP contribution in [0.3, 0.4) is 0 Å². The van der Waals surface area contributed by atoms with Crippen LogP contribution in [-0.2, 0) is 20.4 Å². The second-order valence-electron chi connectivity index (χ2n) is 7.81. The van der Waals surface area contributed by atoms with E-state index in [2.05, 4.69) is 60.7 Å². The highest BCUT2D eigenvalue weighted by Gasteiger charge is 2.37. The molecule has 0 saturated heterocycles. The van der Waals surface area contributed by atoms with E-state index >= 15 is 0 Å². The third-order valence-electron chi connectivity index (χ3n) is 5.81. The molecule has 0 bridgehead atoms. The molecular weight excluding hydrogens is 451 g/mol. The lowest BCUT2D eigenvalue weighted by Gasteiger charge is -2.19. The van der Waals surface area contributed by atoms with Crippen molar-refractivity contribution in [2.24, 2.45) is 0 Å². The lowest BCUT2D eigenvalue weighted by atomic mass is 9.97. The molecular formula is C28H22FO2S2+. The van der Waals surface area contributed by atoms with Crippen LogP contribution >= 0.6 is 11.8 Å². The molecule has 1 aliphatic rings. The smallest absolute Gasteiger partial charge is 0.312 e. The summed E-state index contributed by atoms with van der Waals surface area (Å²) in [5.41, 5.74) is 1.94. The van der Waals surface area contributed by atoms with Crippen molar-refractivity contribution < 1.29 is 13.9 Å². The van der Waals surface area contributed by atoms with Crippen LogP contribution in [0.25, 0.3) is 11.1 Å². The van der Waals surface area contributed by atoms with Gasteiger partial charge in [0.1, 0.15) is 16.7 Å². The number of benzene rings is 4. The molecule has 0 fully saturated rings. The van der Waals surface area contributed by atoms with Crippen molar-refractivity contribution in [2.45, 2.75) is 37.3 Å². The zero-order chi connectivity index (χ0) is 22.9. The van der Waals surface area contributed by atoms with E-state index in [1.165, 1.54) is 37.7 Å². The first-order valence-electron chi connectivity index (χ1n) is 10.6. The Morgan fingerprint density at radius 1 is 0.879 bits per heavy atom. The molecule has 0 aromatic heterocycles. The summed E-state index contributed by atoms with van der Waals surface area (Å²) in [6, 6.07) is 30.2. The number of carbonyl (C=O) groups is 1. The molecule has 1 unspecified atom stereocenters. The predicted molar refractivity (Wildman–Crippen MR) is 131 cm³/mol. The van der Waals surface area contributed by atoms with Crippen molar-refractivity contribution in [3.63, 3.8) is 0 Å². The minimum Gasteiger partial charge on any atom is -0.469 e. The number of rotatable bonds is 4. The Morgan fingerprint density at radius 2 is 1.48 bits per heavy atom. The van der Waals surface area contributed by atoms with E-state index in [1.54, 1.807) is 19.1 Å². The topological polar surface area (TPSA) is 26.3 Å². The highest BCUT2D eigenvalue weighted by Crippen LogP contribution is 2.48. The number of methoxy groups -OCH3 is 1. The fraction of sp³-hybridized carbons (Fsp3) is 0.107. The number of ether oxygens (including phenoxy) is 1. The quantitative estimate of drug-likeness (QED) is 0.202. The van der Waals surface area contributed by atoms with Crippen LogP contribution in [0, 0.1) is 5.82 Å². The van der Waals surface area contributed by atoms with E-state index in [0.29, 0.717) is 11.1 Å². The zero-order valence-corrected chi connectivity index (χ0v) is 19.9. The molecule has 0 saturated carbocycles. The van der Waals surface area contributed by atoms with Gasteiger partial charge in [-0.2, -0.15) is 0 Å². The normalized spacial score (nSPS) is 13.7. The van der Waals surface area contributed by atoms with Gasteiger partial charge in [-0.25, -0.2) is 4.39 Å². The van der Waals surface area contributed by atoms with E-state index in [1.807, 2.05) is 23.9 Å². The van der Waals surface area contributed by atoms with Gasteiger partial charge in [-0.05, 0) is 72.6 Å². The van der Waals surface area contributed by atoms with Gasteiger partial charge in [0, 0.05) is 5.56 Å². The lowest BCUT2D eigenvalue weighted by Crippen LogP contribution is -2.11. The molecule has 2 nitrogen and oxygen atoms in total. The van der Waals surface area contributed by atoms with Gasteiger partial charge in [0.25, 0.3) is 0 Å². The van der Waals surface area contributed by atoms with Crippen LogP contribution in [0.4, 0.5) is 4.39 Å². The van der Waals surface area contributed by atoms with Crippen LogP contribution in [0.15, 0.2) is 115 Å². The van der Waals surface area contributed by atoms with Gasteiger partial charge in [0.15, 0.2) is 14.7 Å². The molecule has 0 radical (unpaired) electrons. The Hall–Kier alpha value is -3.02. The number of halogens is 1. The molecule has 0 spiro atoms. The van der Waals surface area contributed by atoms with Crippen molar-refractivity contribution in [1.29, 1.82) is 0 Å². The summed E-state index contributed by atoms with van der Waals surface area (Å²) in [5.74, 6) is -1.23. The van der Waals surface area contributed by atoms with Crippen LogP contribution in [0.1, 0.15) is 18.4 Å². The molecule has 0 aliphatic carbocycles. The van der Waals surface area contributed by atoms with Crippen molar-refractivity contribution >= 4 is 28.6 Å². The Labute approximate surface area is 200 Å². The molecule has 164 valence electrons. The summed E-state index contributed by atoms with van der Waals surface area (Å²) >= 11 is 1.81. The number of fused-ring (bicyclic) bond motifs is 2. The van der Waals surface area contributed by atoms with E-state index < -0.39 is 5.92 Å². The van der Waals surface area contributed by atoms with E-state index in [9.17, 15) is 9.18 Å². The van der Waals surface area contributed by atoms with Gasteiger partial charge in [0.05, 0.1) is 22.8 Å².